The molecule has 0 saturated carbocycles. The van der Waals surface area contributed by atoms with Gasteiger partial charge in [-0.1, -0.05) is 0 Å². The lowest BCUT2D eigenvalue weighted by Gasteiger charge is -2.02. The highest BCUT2D eigenvalue weighted by Crippen LogP contribution is 2.06. The number of anilines is 1. The first-order chi connectivity index (χ1) is 6.09. The van der Waals surface area contributed by atoms with E-state index in [1.54, 1.807) is 13.1 Å². The Morgan fingerprint density at radius 3 is 2.85 bits per heavy atom. The number of rotatable bonds is 4. The molecule has 13 heavy (non-hydrogen) atoms. The summed E-state index contributed by atoms with van der Waals surface area (Å²) in [5.41, 5.74) is 6.05. The van der Waals surface area contributed by atoms with Gasteiger partial charge in [-0.3, -0.25) is 4.68 Å². The van der Waals surface area contributed by atoms with Gasteiger partial charge < -0.3 is 10.5 Å². The summed E-state index contributed by atoms with van der Waals surface area (Å²) >= 11 is 0. The number of nitrogens with two attached hydrogens (primary N) is 1. The van der Waals surface area contributed by atoms with Gasteiger partial charge in [-0.2, -0.15) is 5.10 Å². The van der Waals surface area contributed by atoms with Crippen LogP contribution in [0, 0.1) is 0 Å². The van der Waals surface area contributed by atoms with Crippen LogP contribution in [0.1, 0.15) is 5.69 Å². The van der Waals surface area contributed by atoms with Crippen LogP contribution in [-0.2, 0) is 18.4 Å². The van der Waals surface area contributed by atoms with Crippen LogP contribution in [0.15, 0.2) is 6.07 Å². The smallest absolute Gasteiger partial charge is 0.261 e. The minimum Gasteiger partial charge on any atom is -0.382 e. The van der Waals surface area contributed by atoms with Crippen LogP contribution in [0.2, 0.25) is 0 Å². The first kappa shape index (κ1) is 9.91. The van der Waals surface area contributed by atoms with Crippen molar-refractivity contribution in [2.45, 2.75) is 13.0 Å². The van der Waals surface area contributed by atoms with Crippen molar-refractivity contribution < 1.29 is 13.5 Å². The molecule has 0 aliphatic heterocycles. The predicted octanol–water partition coefficient (Wildman–Crippen LogP) is 0.784. The van der Waals surface area contributed by atoms with Gasteiger partial charge in [-0.25, -0.2) is 8.78 Å². The molecular formula is C7H11F2N3O. The number of halogens is 2. The van der Waals surface area contributed by atoms with E-state index in [4.69, 9.17) is 10.5 Å². The van der Waals surface area contributed by atoms with E-state index in [9.17, 15) is 8.78 Å². The van der Waals surface area contributed by atoms with E-state index in [1.165, 1.54) is 4.68 Å². The van der Waals surface area contributed by atoms with Gasteiger partial charge in [0.25, 0.3) is 6.43 Å². The fourth-order valence-corrected chi connectivity index (χ4v) is 0.918. The molecule has 0 aliphatic carbocycles. The molecule has 0 fully saturated rings. The van der Waals surface area contributed by atoms with Gasteiger partial charge >= 0.3 is 0 Å². The summed E-state index contributed by atoms with van der Waals surface area (Å²) < 4.78 is 29.6. The van der Waals surface area contributed by atoms with Gasteiger partial charge in [-0.05, 0) is 0 Å². The lowest BCUT2D eigenvalue weighted by Crippen LogP contribution is -2.06. The zero-order valence-corrected chi connectivity index (χ0v) is 7.20. The van der Waals surface area contributed by atoms with Crippen molar-refractivity contribution in [1.29, 1.82) is 0 Å². The van der Waals surface area contributed by atoms with E-state index in [0.717, 1.165) is 0 Å². The summed E-state index contributed by atoms with van der Waals surface area (Å²) in [5, 5.41) is 3.84. The maximum absolute atomic E-state index is 11.7. The Bertz CT molecular complexity index is 275. The molecule has 1 rings (SSSR count). The van der Waals surface area contributed by atoms with Crippen LogP contribution in [0.4, 0.5) is 14.6 Å². The Morgan fingerprint density at radius 1 is 1.69 bits per heavy atom. The van der Waals surface area contributed by atoms with E-state index in [0.29, 0.717) is 11.5 Å². The largest absolute Gasteiger partial charge is 0.382 e. The normalized spacial score (nSPS) is 11.1. The van der Waals surface area contributed by atoms with E-state index in [1.807, 2.05) is 0 Å². The van der Waals surface area contributed by atoms with Gasteiger partial charge in [0.1, 0.15) is 12.4 Å². The fourth-order valence-electron chi connectivity index (χ4n) is 0.918. The van der Waals surface area contributed by atoms with E-state index in [2.05, 4.69) is 5.10 Å². The topological polar surface area (TPSA) is 53.1 Å². The molecule has 0 spiro atoms. The molecule has 0 radical (unpaired) electrons. The van der Waals surface area contributed by atoms with E-state index in [-0.39, 0.29) is 6.61 Å². The first-order valence-electron chi connectivity index (χ1n) is 3.74. The minimum absolute atomic E-state index is 0.102. The quantitative estimate of drug-likeness (QED) is 0.765. The maximum Gasteiger partial charge on any atom is 0.261 e. The Morgan fingerprint density at radius 2 is 2.38 bits per heavy atom. The average molecular weight is 191 g/mol. The number of hydrogen-bond donors (Lipinski definition) is 1. The Labute approximate surface area is 74.3 Å². The average Bonchev–Trinajstić information content (AvgIpc) is 2.29. The lowest BCUT2D eigenvalue weighted by atomic mass is 10.4. The highest BCUT2D eigenvalue weighted by atomic mass is 19.3. The molecule has 74 valence electrons. The second kappa shape index (κ2) is 4.18. The third-order valence-corrected chi connectivity index (χ3v) is 1.49. The number of nitrogens with zero attached hydrogens (tertiary/aromatic N) is 2. The summed E-state index contributed by atoms with van der Waals surface area (Å²) in [7, 11) is 1.68. The summed E-state index contributed by atoms with van der Waals surface area (Å²) in [6.07, 6.45) is -2.44. The van der Waals surface area contributed by atoms with Gasteiger partial charge in [0.05, 0.1) is 12.3 Å². The molecule has 6 heteroatoms. The molecule has 0 atom stereocenters. The molecule has 0 unspecified atom stereocenters. The molecular weight excluding hydrogens is 180 g/mol. The summed E-state index contributed by atoms with van der Waals surface area (Å²) in [6, 6.07) is 1.59. The van der Waals surface area contributed by atoms with Crippen molar-refractivity contribution in [3.8, 4) is 0 Å². The molecule has 0 aliphatic rings. The van der Waals surface area contributed by atoms with Crippen LogP contribution in [0.3, 0.4) is 0 Å². The summed E-state index contributed by atoms with van der Waals surface area (Å²) in [4.78, 5) is 0. The molecule has 1 heterocycles. The number of nitrogen functional groups attached to an aromatic ring is 1. The third-order valence-electron chi connectivity index (χ3n) is 1.49. The van der Waals surface area contributed by atoms with Crippen molar-refractivity contribution >= 4 is 5.82 Å². The van der Waals surface area contributed by atoms with Gasteiger partial charge in [0.2, 0.25) is 0 Å². The van der Waals surface area contributed by atoms with Crippen LogP contribution in [0.5, 0.6) is 0 Å². The number of ether oxygens (including phenoxy) is 1. The fraction of sp³-hybridized carbons (Fsp3) is 0.571. The van der Waals surface area contributed by atoms with Crippen LogP contribution in [-0.4, -0.2) is 22.8 Å². The zero-order valence-electron chi connectivity index (χ0n) is 7.20. The molecule has 0 bridgehead atoms. The van der Waals surface area contributed by atoms with Crippen LogP contribution >= 0.6 is 0 Å². The van der Waals surface area contributed by atoms with Crippen molar-refractivity contribution in [3.63, 3.8) is 0 Å². The molecule has 1 aromatic heterocycles. The SMILES string of the molecule is Cn1nc(N)cc1COCC(F)F. The van der Waals surface area contributed by atoms with Crippen molar-refractivity contribution in [3.05, 3.63) is 11.8 Å². The number of hydrogen-bond acceptors (Lipinski definition) is 3. The Balaban J connectivity index is 2.40. The zero-order chi connectivity index (χ0) is 9.84. The second-order valence-corrected chi connectivity index (χ2v) is 2.59. The van der Waals surface area contributed by atoms with Crippen molar-refractivity contribution in [1.82, 2.24) is 9.78 Å². The van der Waals surface area contributed by atoms with Gasteiger partial charge in [0.15, 0.2) is 0 Å². The maximum atomic E-state index is 11.7. The first-order valence-corrected chi connectivity index (χ1v) is 3.74. The van der Waals surface area contributed by atoms with Gasteiger partial charge in [0, 0.05) is 13.1 Å². The monoisotopic (exact) mass is 191 g/mol. The molecule has 4 nitrogen and oxygen atoms in total. The van der Waals surface area contributed by atoms with E-state index >= 15 is 0 Å². The molecule has 0 amide bonds. The predicted molar refractivity (Wildman–Crippen MR) is 43.3 cm³/mol. The number of aromatic nitrogens is 2. The third kappa shape index (κ3) is 2.98. The number of aryl methyl sites for hydroxylation is 1. The molecule has 1 aromatic rings. The van der Waals surface area contributed by atoms with Crippen molar-refractivity contribution in [2.24, 2.45) is 7.05 Å². The minimum atomic E-state index is -2.44. The Kier molecular flexibility index (Phi) is 3.18. The van der Waals surface area contributed by atoms with E-state index < -0.39 is 13.0 Å². The Hall–Kier alpha value is -1.17. The van der Waals surface area contributed by atoms with Crippen LogP contribution < -0.4 is 5.73 Å². The van der Waals surface area contributed by atoms with Crippen LogP contribution in [0.25, 0.3) is 0 Å². The molecule has 0 saturated heterocycles. The lowest BCUT2D eigenvalue weighted by molar-refractivity contribution is 0.00791. The summed E-state index contributed by atoms with van der Waals surface area (Å²) in [5.74, 6) is 0.359. The highest BCUT2D eigenvalue weighted by Gasteiger charge is 2.05. The summed E-state index contributed by atoms with van der Waals surface area (Å²) in [6.45, 7) is -0.462. The van der Waals surface area contributed by atoms with Gasteiger partial charge in [-0.15, -0.1) is 0 Å². The molecule has 2 N–H and O–H groups in total. The van der Waals surface area contributed by atoms with Crippen molar-refractivity contribution in [2.75, 3.05) is 12.3 Å². The standard InChI is InChI=1S/C7H11F2N3O/c1-12-5(2-7(10)11-12)3-13-4-6(8)9/h2,6H,3-4H2,1H3,(H2,10,11). The highest BCUT2D eigenvalue weighted by molar-refractivity contribution is 5.28. The number of alkyl halides is 2. The molecule has 0 aromatic carbocycles. The second-order valence-electron chi connectivity index (χ2n) is 2.59.